The van der Waals surface area contributed by atoms with Gasteiger partial charge in [-0.15, -0.1) is 5.92 Å². The van der Waals surface area contributed by atoms with E-state index in [-0.39, 0.29) is 0 Å². The fraction of sp³-hybridized carbons (Fsp3) is 0.364. The molecule has 0 aliphatic rings. The molecule has 2 nitrogen and oxygen atoms in total. The molecule has 0 amide bonds. The van der Waals surface area contributed by atoms with E-state index in [1.807, 2.05) is 26.2 Å². The predicted octanol–water partition coefficient (Wildman–Crippen LogP) is 1.50. The average Bonchev–Trinajstić information content (AvgIpc) is 2.13. The zero-order valence-corrected chi connectivity index (χ0v) is 8.09. The van der Waals surface area contributed by atoms with Crippen molar-refractivity contribution in [2.45, 2.75) is 20.4 Å². The van der Waals surface area contributed by atoms with Gasteiger partial charge in [-0.1, -0.05) is 12.0 Å². The van der Waals surface area contributed by atoms with Crippen LogP contribution in [0.2, 0.25) is 0 Å². The van der Waals surface area contributed by atoms with Gasteiger partial charge in [0.15, 0.2) is 0 Å². The third-order valence-corrected chi connectivity index (χ3v) is 1.65. The Labute approximate surface area is 79.4 Å². The van der Waals surface area contributed by atoms with Gasteiger partial charge in [-0.3, -0.25) is 4.98 Å². The van der Waals surface area contributed by atoms with Crippen LogP contribution in [0, 0.1) is 18.8 Å². The van der Waals surface area contributed by atoms with Crippen LogP contribution in [0.15, 0.2) is 18.5 Å². The molecule has 0 aliphatic carbocycles. The maximum atomic E-state index is 4.11. The molecule has 0 spiro atoms. The number of hydrogen-bond donors (Lipinski definition) is 1. The van der Waals surface area contributed by atoms with E-state index in [0.29, 0.717) is 0 Å². The molecular weight excluding hydrogens is 160 g/mol. The lowest BCUT2D eigenvalue weighted by Crippen LogP contribution is -2.13. The van der Waals surface area contributed by atoms with E-state index in [4.69, 9.17) is 0 Å². The number of hydrogen-bond acceptors (Lipinski definition) is 2. The molecule has 0 saturated carbocycles. The second kappa shape index (κ2) is 5.34. The summed E-state index contributed by atoms with van der Waals surface area (Å²) in [5.74, 6) is 5.79. The standard InChI is InChI=1S/C11H14N2/c1-3-4-5-12-8-11-6-10(2)7-13-9-11/h6-7,9,12H,5,8H2,1-2H3. The number of aromatic nitrogens is 1. The Hall–Kier alpha value is -1.33. The van der Waals surface area contributed by atoms with Gasteiger partial charge in [-0.05, 0) is 25.0 Å². The van der Waals surface area contributed by atoms with E-state index in [2.05, 4.69) is 28.2 Å². The van der Waals surface area contributed by atoms with E-state index in [1.54, 1.807) is 0 Å². The fourth-order valence-electron chi connectivity index (χ4n) is 1.07. The number of aryl methyl sites for hydroxylation is 1. The predicted molar refractivity (Wildman–Crippen MR) is 54.1 cm³/mol. The number of nitrogens with one attached hydrogen (secondary N) is 1. The van der Waals surface area contributed by atoms with Crippen LogP contribution in [0.1, 0.15) is 18.1 Å². The Morgan fingerprint density at radius 1 is 1.46 bits per heavy atom. The van der Waals surface area contributed by atoms with Gasteiger partial charge in [-0.2, -0.15) is 0 Å². The van der Waals surface area contributed by atoms with Gasteiger partial charge in [0.05, 0.1) is 6.54 Å². The second-order valence-corrected chi connectivity index (χ2v) is 2.90. The van der Waals surface area contributed by atoms with Gasteiger partial charge in [0.25, 0.3) is 0 Å². The molecule has 0 aliphatic heterocycles. The highest BCUT2D eigenvalue weighted by atomic mass is 14.8. The minimum absolute atomic E-state index is 0.741. The smallest absolute Gasteiger partial charge is 0.0579 e. The van der Waals surface area contributed by atoms with Gasteiger partial charge in [0, 0.05) is 18.9 Å². The molecule has 1 rings (SSSR count). The largest absolute Gasteiger partial charge is 0.302 e. The molecule has 0 saturated heterocycles. The zero-order chi connectivity index (χ0) is 9.52. The lowest BCUT2D eigenvalue weighted by Gasteiger charge is -2.01. The Kier molecular flexibility index (Phi) is 4.01. The second-order valence-electron chi connectivity index (χ2n) is 2.90. The Balaban J connectivity index is 2.39. The molecule has 0 bridgehead atoms. The third kappa shape index (κ3) is 3.73. The highest BCUT2D eigenvalue weighted by Gasteiger charge is 1.91. The Morgan fingerprint density at radius 3 is 3.00 bits per heavy atom. The van der Waals surface area contributed by atoms with Crippen LogP contribution >= 0.6 is 0 Å². The molecule has 1 heterocycles. The first kappa shape index (κ1) is 9.76. The molecule has 0 radical (unpaired) electrons. The van der Waals surface area contributed by atoms with E-state index < -0.39 is 0 Å². The summed E-state index contributed by atoms with van der Waals surface area (Å²) in [5, 5.41) is 3.22. The molecule has 1 aromatic rings. The lowest BCUT2D eigenvalue weighted by atomic mass is 10.2. The molecule has 0 atom stereocenters. The number of pyridine rings is 1. The maximum absolute atomic E-state index is 4.11. The number of nitrogens with zero attached hydrogens (tertiary/aromatic N) is 1. The number of rotatable bonds is 3. The average molecular weight is 174 g/mol. The maximum Gasteiger partial charge on any atom is 0.0579 e. The molecule has 1 aromatic heterocycles. The molecule has 68 valence electrons. The van der Waals surface area contributed by atoms with Crippen molar-refractivity contribution in [2.24, 2.45) is 0 Å². The van der Waals surface area contributed by atoms with E-state index >= 15 is 0 Å². The first-order chi connectivity index (χ1) is 6.33. The normalized spacial score (nSPS) is 9.08. The SMILES string of the molecule is CC#CCNCc1cncc(C)c1. The zero-order valence-electron chi connectivity index (χ0n) is 8.09. The van der Waals surface area contributed by atoms with Gasteiger partial charge in [0.1, 0.15) is 0 Å². The van der Waals surface area contributed by atoms with Crippen LogP contribution in [0.5, 0.6) is 0 Å². The first-order valence-electron chi connectivity index (χ1n) is 4.34. The lowest BCUT2D eigenvalue weighted by molar-refractivity contribution is 0.765. The van der Waals surface area contributed by atoms with Gasteiger partial charge < -0.3 is 5.32 Å². The summed E-state index contributed by atoms with van der Waals surface area (Å²) < 4.78 is 0. The van der Waals surface area contributed by atoms with Crippen molar-refractivity contribution < 1.29 is 0 Å². The summed E-state index contributed by atoms with van der Waals surface area (Å²) in [6.07, 6.45) is 3.73. The summed E-state index contributed by atoms with van der Waals surface area (Å²) in [7, 11) is 0. The Bertz CT molecular complexity index is 320. The van der Waals surface area contributed by atoms with E-state index in [0.717, 1.165) is 13.1 Å². The molecule has 1 N–H and O–H groups in total. The van der Waals surface area contributed by atoms with Crippen molar-refractivity contribution in [2.75, 3.05) is 6.54 Å². The molecule has 13 heavy (non-hydrogen) atoms. The van der Waals surface area contributed by atoms with Crippen molar-refractivity contribution in [3.63, 3.8) is 0 Å². The summed E-state index contributed by atoms with van der Waals surface area (Å²) in [6.45, 7) is 5.46. The highest BCUT2D eigenvalue weighted by molar-refractivity contribution is 5.16. The third-order valence-electron chi connectivity index (χ3n) is 1.65. The van der Waals surface area contributed by atoms with Crippen molar-refractivity contribution in [3.05, 3.63) is 29.6 Å². The van der Waals surface area contributed by atoms with Crippen LogP contribution in [0.3, 0.4) is 0 Å². The summed E-state index contributed by atoms with van der Waals surface area (Å²) in [4.78, 5) is 4.11. The van der Waals surface area contributed by atoms with Gasteiger partial charge in [0.2, 0.25) is 0 Å². The Morgan fingerprint density at radius 2 is 2.31 bits per heavy atom. The van der Waals surface area contributed by atoms with Crippen molar-refractivity contribution in [1.82, 2.24) is 10.3 Å². The molecule has 0 aromatic carbocycles. The minimum atomic E-state index is 0.741. The summed E-state index contributed by atoms with van der Waals surface area (Å²) in [6, 6.07) is 2.12. The van der Waals surface area contributed by atoms with Gasteiger partial charge >= 0.3 is 0 Å². The molecular formula is C11H14N2. The molecule has 0 fully saturated rings. The molecule has 0 unspecified atom stereocenters. The quantitative estimate of drug-likeness (QED) is 0.555. The van der Waals surface area contributed by atoms with E-state index in [1.165, 1.54) is 11.1 Å². The van der Waals surface area contributed by atoms with Gasteiger partial charge in [-0.25, -0.2) is 0 Å². The summed E-state index contributed by atoms with van der Waals surface area (Å²) >= 11 is 0. The molecule has 2 heteroatoms. The van der Waals surface area contributed by atoms with E-state index in [9.17, 15) is 0 Å². The van der Waals surface area contributed by atoms with Crippen LogP contribution in [0.25, 0.3) is 0 Å². The monoisotopic (exact) mass is 174 g/mol. The van der Waals surface area contributed by atoms with Crippen molar-refractivity contribution in [3.8, 4) is 11.8 Å². The fourth-order valence-corrected chi connectivity index (χ4v) is 1.07. The van der Waals surface area contributed by atoms with Crippen LogP contribution in [-0.2, 0) is 6.54 Å². The van der Waals surface area contributed by atoms with Crippen molar-refractivity contribution in [1.29, 1.82) is 0 Å². The van der Waals surface area contributed by atoms with Crippen molar-refractivity contribution >= 4 is 0 Å². The van der Waals surface area contributed by atoms with Crippen LogP contribution in [-0.4, -0.2) is 11.5 Å². The minimum Gasteiger partial charge on any atom is -0.302 e. The van der Waals surface area contributed by atoms with Crippen LogP contribution in [0.4, 0.5) is 0 Å². The highest BCUT2D eigenvalue weighted by Crippen LogP contribution is 1.99. The van der Waals surface area contributed by atoms with Crippen LogP contribution < -0.4 is 5.32 Å². The topological polar surface area (TPSA) is 24.9 Å². The summed E-state index contributed by atoms with van der Waals surface area (Å²) in [5.41, 5.74) is 2.40. The first-order valence-corrected chi connectivity index (χ1v) is 4.34.